The number of hydrogen-bond acceptors (Lipinski definition) is 4. The lowest BCUT2D eigenvalue weighted by Crippen LogP contribution is -2.35. The summed E-state index contributed by atoms with van der Waals surface area (Å²) in [5.41, 5.74) is 0.942. The maximum absolute atomic E-state index is 10.7. The van der Waals surface area contributed by atoms with Gasteiger partial charge in [-0.1, -0.05) is 20.8 Å². The topological polar surface area (TPSA) is 75.4 Å². The number of nitrogens with zero attached hydrogens (tertiary/aromatic N) is 1. The Hall–Kier alpha value is -0.890. The first-order chi connectivity index (χ1) is 8.75. The molecule has 0 amide bonds. The Bertz CT molecular complexity index is 458. The van der Waals surface area contributed by atoms with Gasteiger partial charge in [0.2, 0.25) is 0 Å². The van der Waals surface area contributed by atoms with Crippen molar-refractivity contribution in [3.05, 3.63) is 31.9 Å². The first-order valence-electron chi connectivity index (χ1n) is 6.07. The van der Waals surface area contributed by atoms with E-state index in [2.05, 4.69) is 48.7 Å². The van der Waals surface area contributed by atoms with E-state index in [0.717, 1.165) is 9.26 Å². The van der Waals surface area contributed by atoms with Crippen molar-refractivity contribution >= 4 is 34.0 Å². The lowest BCUT2D eigenvalue weighted by atomic mass is 9.85. The van der Waals surface area contributed by atoms with E-state index in [4.69, 9.17) is 5.11 Å². The highest BCUT2D eigenvalue weighted by atomic mass is 127. The molecule has 0 bridgehead atoms. The van der Waals surface area contributed by atoms with E-state index in [1.165, 1.54) is 6.07 Å². The summed E-state index contributed by atoms with van der Waals surface area (Å²) in [6.45, 7) is 6.40. The minimum absolute atomic E-state index is 0.00636. The molecule has 5 nitrogen and oxygen atoms in total. The van der Waals surface area contributed by atoms with Crippen LogP contribution in [0.1, 0.15) is 27.2 Å². The third kappa shape index (κ3) is 4.61. The summed E-state index contributed by atoms with van der Waals surface area (Å²) in [4.78, 5) is 10.3. The Balaban J connectivity index is 2.94. The van der Waals surface area contributed by atoms with Gasteiger partial charge < -0.3 is 10.4 Å². The molecular weight excluding hydrogens is 359 g/mol. The van der Waals surface area contributed by atoms with Crippen LogP contribution in [0, 0.1) is 19.1 Å². The summed E-state index contributed by atoms with van der Waals surface area (Å²) in [5, 5.41) is 23.2. The van der Waals surface area contributed by atoms with Gasteiger partial charge in [-0.15, -0.1) is 0 Å². The Morgan fingerprint density at radius 3 is 2.53 bits per heavy atom. The molecule has 0 saturated heterocycles. The monoisotopic (exact) mass is 378 g/mol. The minimum Gasteiger partial charge on any atom is -0.396 e. The second-order valence-corrected chi connectivity index (χ2v) is 6.66. The molecule has 0 aliphatic rings. The molecule has 1 aromatic rings. The summed E-state index contributed by atoms with van der Waals surface area (Å²) < 4.78 is 0.805. The molecule has 1 atom stereocenters. The number of nitro benzene ring substituents is 1. The van der Waals surface area contributed by atoms with Crippen LogP contribution < -0.4 is 5.32 Å². The molecule has 1 unspecified atom stereocenters. The molecule has 0 fully saturated rings. The molecule has 0 saturated carbocycles. The molecule has 0 radical (unpaired) electrons. The van der Waals surface area contributed by atoms with Gasteiger partial charge in [-0.3, -0.25) is 10.1 Å². The van der Waals surface area contributed by atoms with Crippen molar-refractivity contribution in [2.24, 2.45) is 5.41 Å². The van der Waals surface area contributed by atoms with E-state index in [9.17, 15) is 10.1 Å². The Morgan fingerprint density at radius 2 is 2.11 bits per heavy atom. The van der Waals surface area contributed by atoms with Crippen molar-refractivity contribution in [2.45, 2.75) is 33.2 Å². The minimum atomic E-state index is -0.402. The lowest BCUT2D eigenvalue weighted by Gasteiger charge is -2.32. The maximum atomic E-state index is 10.7. The normalized spacial score (nSPS) is 13.1. The highest BCUT2D eigenvalue weighted by Gasteiger charge is 2.24. The number of halogens is 1. The highest BCUT2D eigenvalue weighted by Crippen LogP contribution is 2.29. The molecule has 0 heterocycles. The summed E-state index contributed by atoms with van der Waals surface area (Å²) in [6.07, 6.45) is 0.635. The standard InChI is InChI=1S/C13H19IN2O3/c1-13(2,3)12(6-7-17)15-11-5-4-9(16(18)19)8-10(11)14/h4-5,8,12,15,17H,6-7H2,1-3H3. The first-order valence-corrected chi connectivity index (χ1v) is 7.15. The Kier molecular flexibility index (Phi) is 5.54. The van der Waals surface area contributed by atoms with Crippen LogP contribution in [-0.4, -0.2) is 22.7 Å². The summed E-state index contributed by atoms with van der Waals surface area (Å²) in [7, 11) is 0. The predicted molar refractivity (Wildman–Crippen MR) is 84.4 cm³/mol. The van der Waals surface area contributed by atoms with Crippen molar-refractivity contribution in [3.63, 3.8) is 0 Å². The number of anilines is 1. The lowest BCUT2D eigenvalue weighted by molar-refractivity contribution is -0.384. The van der Waals surface area contributed by atoms with Crippen LogP contribution in [0.5, 0.6) is 0 Å². The number of nitro groups is 1. The zero-order valence-electron chi connectivity index (χ0n) is 11.3. The molecule has 106 valence electrons. The molecule has 0 aliphatic carbocycles. The number of aliphatic hydroxyl groups excluding tert-OH is 1. The number of non-ortho nitro benzene ring substituents is 1. The first kappa shape index (κ1) is 16.2. The summed E-state index contributed by atoms with van der Waals surface area (Å²) in [5.74, 6) is 0. The average molecular weight is 378 g/mol. The van der Waals surface area contributed by atoms with Gasteiger partial charge in [-0.25, -0.2) is 0 Å². The summed E-state index contributed by atoms with van der Waals surface area (Å²) in [6, 6.07) is 4.85. The van der Waals surface area contributed by atoms with Crippen molar-refractivity contribution in [1.82, 2.24) is 0 Å². The maximum Gasteiger partial charge on any atom is 0.270 e. The number of aliphatic hydroxyl groups is 1. The summed E-state index contributed by atoms with van der Waals surface area (Å²) >= 11 is 2.08. The van der Waals surface area contributed by atoms with Gasteiger partial charge in [0.1, 0.15) is 0 Å². The van der Waals surface area contributed by atoms with Crippen LogP contribution in [0.4, 0.5) is 11.4 Å². The fraction of sp³-hybridized carbons (Fsp3) is 0.538. The van der Waals surface area contributed by atoms with Crippen LogP contribution in [0.15, 0.2) is 18.2 Å². The van der Waals surface area contributed by atoms with Crippen LogP contribution >= 0.6 is 22.6 Å². The van der Waals surface area contributed by atoms with Crippen molar-refractivity contribution in [3.8, 4) is 0 Å². The highest BCUT2D eigenvalue weighted by molar-refractivity contribution is 14.1. The average Bonchev–Trinajstić information content (AvgIpc) is 2.29. The largest absolute Gasteiger partial charge is 0.396 e. The van der Waals surface area contributed by atoms with Crippen LogP contribution in [-0.2, 0) is 0 Å². The van der Waals surface area contributed by atoms with Crippen LogP contribution in [0.2, 0.25) is 0 Å². The van der Waals surface area contributed by atoms with Gasteiger partial charge in [0.05, 0.1) is 4.92 Å². The van der Waals surface area contributed by atoms with Crippen molar-refractivity contribution in [2.75, 3.05) is 11.9 Å². The van der Waals surface area contributed by atoms with Gasteiger partial charge in [0.15, 0.2) is 0 Å². The SMILES string of the molecule is CC(C)(C)C(CCO)Nc1ccc([N+](=O)[O-])cc1I. The number of hydrogen-bond donors (Lipinski definition) is 2. The fourth-order valence-corrected chi connectivity index (χ4v) is 2.43. The van der Waals surface area contributed by atoms with Crippen LogP contribution in [0.3, 0.4) is 0 Å². The molecule has 19 heavy (non-hydrogen) atoms. The Morgan fingerprint density at radius 1 is 1.47 bits per heavy atom. The third-order valence-electron chi connectivity index (χ3n) is 2.96. The predicted octanol–water partition coefficient (Wildman–Crippen LogP) is 3.41. The molecule has 0 spiro atoms. The smallest absolute Gasteiger partial charge is 0.270 e. The van der Waals surface area contributed by atoms with Crippen molar-refractivity contribution < 1.29 is 10.0 Å². The number of benzene rings is 1. The van der Waals surface area contributed by atoms with Gasteiger partial charge in [0.25, 0.3) is 5.69 Å². The fourth-order valence-electron chi connectivity index (χ4n) is 1.77. The molecule has 0 aromatic heterocycles. The zero-order valence-corrected chi connectivity index (χ0v) is 13.5. The van der Waals surface area contributed by atoms with E-state index in [1.54, 1.807) is 12.1 Å². The third-order valence-corrected chi connectivity index (χ3v) is 3.85. The van der Waals surface area contributed by atoms with E-state index >= 15 is 0 Å². The Labute approximate surface area is 126 Å². The van der Waals surface area contributed by atoms with E-state index in [1.807, 2.05) is 0 Å². The van der Waals surface area contributed by atoms with Crippen molar-refractivity contribution in [1.29, 1.82) is 0 Å². The van der Waals surface area contributed by atoms with Gasteiger partial charge >= 0.3 is 0 Å². The molecular formula is C13H19IN2O3. The number of nitrogens with one attached hydrogen (secondary N) is 1. The second-order valence-electron chi connectivity index (χ2n) is 5.50. The molecule has 6 heteroatoms. The molecule has 0 aliphatic heterocycles. The van der Waals surface area contributed by atoms with Gasteiger partial charge in [-0.05, 0) is 40.5 Å². The number of rotatable bonds is 5. The second kappa shape index (κ2) is 6.51. The van der Waals surface area contributed by atoms with E-state index in [-0.39, 0.29) is 23.8 Å². The molecule has 1 aromatic carbocycles. The van der Waals surface area contributed by atoms with E-state index < -0.39 is 4.92 Å². The zero-order chi connectivity index (χ0) is 14.6. The van der Waals surface area contributed by atoms with E-state index in [0.29, 0.717) is 6.42 Å². The van der Waals surface area contributed by atoms with Crippen LogP contribution in [0.25, 0.3) is 0 Å². The molecule has 2 N–H and O–H groups in total. The van der Waals surface area contributed by atoms with Gasteiger partial charge in [-0.2, -0.15) is 0 Å². The molecule has 1 rings (SSSR count). The van der Waals surface area contributed by atoms with Gasteiger partial charge in [0, 0.05) is 34.0 Å². The quantitative estimate of drug-likeness (QED) is 0.468.